The van der Waals surface area contributed by atoms with E-state index in [9.17, 15) is 4.79 Å². The number of aromatic amines is 1. The van der Waals surface area contributed by atoms with Crippen molar-refractivity contribution in [2.45, 2.75) is 33.4 Å². The van der Waals surface area contributed by atoms with Gasteiger partial charge in [-0.2, -0.15) is 5.10 Å². The van der Waals surface area contributed by atoms with E-state index in [2.05, 4.69) is 20.5 Å². The van der Waals surface area contributed by atoms with Crippen LogP contribution in [0.3, 0.4) is 0 Å². The second-order valence-electron chi connectivity index (χ2n) is 6.26. The van der Waals surface area contributed by atoms with Crippen LogP contribution in [-0.4, -0.2) is 32.3 Å². The van der Waals surface area contributed by atoms with Gasteiger partial charge in [-0.15, -0.1) is 0 Å². The molecule has 2 aromatic heterocycles. The fraction of sp³-hybridized carbons (Fsp3) is 0.300. The van der Waals surface area contributed by atoms with Crippen molar-refractivity contribution in [3.05, 3.63) is 58.6 Å². The highest BCUT2D eigenvalue weighted by Crippen LogP contribution is 2.21. The topological polar surface area (TPSA) is 84.8 Å². The number of ether oxygens (including phenoxy) is 1. The van der Waals surface area contributed by atoms with E-state index in [0.717, 1.165) is 22.7 Å². The molecule has 3 aromatic rings. The fourth-order valence-corrected chi connectivity index (χ4v) is 3.02. The number of nitrogens with zero attached hydrogens (tertiary/aromatic N) is 3. The normalized spacial score (nSPS) is 10.6. The van der Waals surface area contributed by atoms with Crippen LogP contribution in [0.5, 0.6) is 5.75 Å². The molecule has 0 aliphatic heterocycles. The van der Waals surface area contributed by atoms with E-state index >= 15 is 0 Å². The Hall–Kier alpha value is -3.00. The summed E-state index contributed by atoms with van der Waals surface area (Å²) in [6, 6.07) is 13.4. The first kappa shape index (κ1) is 19.8. The first-order valence-corrected chi connectivity index (χ1v) is 9.55. The molecule has 0 aliphatic carbocycles. The molecule has 0 saturated carbocycles. The standard InChI is InChI=1S/C20H23N5O2S/c1-3-27-17-9-7-15(8-10-17)19-23-24-20(28)25(19)12-11-18(26)21-13-16-6-4-5-14(2)22-16/h4-10H,3,11-13H2,1-2H3,(H,21,26)(H,24,28). The molecule has 0 atom stereocenters. The Morgan fingerprint density at radius 3 is 2.75 bits per heavy atom. The van der Waals surface area contributed by atoms with E-state index in [0.29, 0.717) is 36.7 Å². The van der Waals surface area contributed by atoms with Crippen LogP contribution in [0.15, 0.2) is 42.5 Å². The monoisotopic (exact) mass is 397 g/mol. The maximum absolute atomic E-state index is 12.2. The second kappa shape index (κ2) is 9.27. The highest BCUT2D eigenvalue weighted by atomic mass is 32.1. The number of aromatic nitrogens is 4. The summed E-state index contributed by atoms with van der Waals surface area (Å²) in [7, 11) is 0. The quantitative estimate of drug-likeness (QED) is 0.569. The van der Waals surface area contributed by atoms with Crippen LogP contribution in [0.2, 0.25) is 0 Å². The second-order valence-corrected chi connectivity index (χ2v) is 6.65. The third kappa shape index (κ3) is 5.04. The lowest BCUT2D eigenvalue weighted by molar-refractivity contribution is -0.121. The summed E-state index contributed by atoms with van der Waals surface area (Å²) >= 11 is 5.33. The minimum Gasteiger partial charge on any atom is -0.494 e. The Labute approximate surface area is 168 Å². The van der Waals surface area contributed by atoms with E-state index in [1.807, 2.05) is 60.9 Å². The molecule has 3 rings (SSSR count). The highest BCUT2D eigenvalue weighted by molar-refractivity contribution is 7.71. The van der Waals surface area contributed by atoms with Gasteiger partial charge in [0.1, 0.15) is 5.75 Å². The van der Waals surface area contributed by atoms with Gasteiger partial charge in [-0.05, 0) is 62.5 Å². The van der Waals surface area contributed by atoms with Gasteiger partial charge in [0.2, 0.25) is 5.91 Å². The van der Waals surface area contributed by atoms with Gasteiger partial charge in [-0.1, -0.05) is 6.07 Å². The molecule has 28 heavy (non-hydrogen) atoms. The van der Waals surface area contributed by atoms with Gasteiger partial charge in [0.05, 0.1) is 18.8 Å². The predicted molar refractivity (Wildman–Crippen MR) is 109 cm³/mol. The summed E-state index contributed by atoms with van der Waals surface area (Å²) in [5.74, 6) is 1.43. The van der Waals surface area contributed by atoms with Gasteiger partial charge >= 0.3 is 0 Å². The van der Waals surface area contributed by atoms with E-state index in [1.54, 1.807) is 0 Å². The largest absolute Gasteiger partial charge is 0.494 e. The lowest BCUT2D eigenvalue weighted by Crippen LogP contribution is -2.24. The number of H-pyrrole nitrogens is 1. The summed E-state index contributed by atoms with van der Waals surface area (Å²) in [4.78, 5) is 16.6. The molecule has 7 nitrogen and oxygen atoms in total. The summed E-state index contributed by atoms with van der Waals surface area (Å²) in [5.41, 5.74) is 2.67. The number of carbonyl (C=O) groups is 1. The summed E-state index contributed by atoms with van der Waals surface area (Å²) in [6.45, 7) is 5.33. The maximum atomic E-state index is 12.2. The Bertz CT molecular complexity index is 994. The predicted octanol–water partition coefficient (Wildman–Crippen LogP) is 3.42. The molecule has 0 unspecified atom stereocenters. The number of hydrogen-bond donors (Lipinski definition) is 2. The molecule has 2 heterocycles. The Kier molecular flexibility index (Phi) is 6.54. The summed E-state index contributed by atoms with van der Waals surface area (Å²) in [5, 5.41) is 10.0. The molecule has 2 N–H and O–H groups in total. The average molecular weight is 398 g/mol. The molecule has 0 saturated heterocycles. The number of aryl methyl sites for hydroxylation is 1. The lowest BCUT2D eigenvalue weighted by Gasteiger charge is -2.09. The van der Waals surface area contributed by atoms with E-state index < -0.39 is 0 Å². The van der Waals surface area contributed by atoms with E-state index in [-0.39, 0.29) is 5.91 Å². The van der Waals surface area contributed by atoms with Crippen LogP contribution in [0.25, 0.3) is 11.4 Å². The molecular weight excluding hydrogens is 374 g/mol. The number of hydrogen-bond acceptors (Lipinski definition) is 5. The Morgan fingerprint density at radius 1 is 1.25 bits per heavy atom. The van der Waals surface area contributed by atoms with Crippen LogP contribution in [-0.2, 0) is 17.9 Å². The molecule has 0 bridgehead atoms. The molecule has 1 aromatic carbocycles. The zero-order chi connectivity index (χ0) is 19.9. The van der Waals surface area contributed by atoms with Crippen molar-refractivity contribution in [3.8, 4) is 17.1 Å². The van der Waals surface area contributed by atoms with E-state index in [4.69, 9.17) is 17.0 Å². The number of carbonyl (C=O) groups excluding carboxylic acids is 1. The van der Waals surface area contributed by atoms with Gasteiger partial charge in [-0.25, -0.2) is 0 Å². The molecule has 0 spiro atoms. The zero-order valence-electron chi connectivity index (χ0n) is 15.9. The lowest BCUT2D eigenvalue weighted by atomic mass is 10.2. The van der Waals surface area contributed by atoms with Gasteiger partial charge < -0.3 is 10.1 Å². The van der Waals surface area contributed by atoms with Crippen LogP contribution in [0.4, 0.5) is 0 Å². The SMILES string of the molecule is CCOc1ccc(-c2n[nH]c(=S)n2CCC(=O)NCc2cccc(C)n2)cc1. The minimum absolute atomic E-state index is 0.0657. The molecular formula is C20H23N5O2S. The fourth-order valence-electron chi connectivity index (χ4n) is 2.80. The van der Waals surface area contributed by atoms with Crippen molar-refractivity contribution >= 4 is 18.1 Å². The highest BCUT2D eigenvalue weighted by Gasteiger charge is 2.11. The number of rotatable bonds is 8. The van der Waals surface area contributed by atoms with Crippen molar-refractivity contribution in [2.75, 3.05) is 6.61 Å². The van der Waals surface area contributed by atoms with Crippen molar-refractivity contribution in [1.82, 2.24) is 25.1 Å². The summed E-state index contributed by atoms with van der Waals surface area (Å²) in [6.07, 6.45) is 0.295. The first-order chi connectivity index (χ1) is 13.6. The van der Waals surface area contributed by atoms with Crippen LogP contribution in [0.1, 0.15) is 24.7 Å². The van der Waals surface area contributed by atoms with Crippen molar-refractivity contribution in [1.29, 1.82) is 0 Å². The smallest absolute Gasteiger partial charge is 0.222 e. The van der Waals surface area contributed by atoms with Crippen molar-refractivity contribution in [3.63, 3.8) is 0 Å². The third-order valence-corrected chi connectivity index (χ3v) is 4.47. The number of nitrogens with one attached hydrogen (secondary N) is 2. The van der Waals surface area contributed by atoms with Crippen LogP contribution in [0, 0.1) is 11.7 Å². The van der Waals surface area contributed by atoms with Crippen molar-refractivity contribution in [2.24, 2.45) is 0 Å². The minimum atomic E-state index is -0.0657. The number of benzene rings is 1. The maximum Gasteiger partial charge on any atom is 0.222 e. The molecule has 8 heteroatoms. The van der Waals surface area contributed by atoms with Gasteiger partial charge in [0, 0.05) is 24.2 Å². The van der Waals surface area contributed by atoms with Gasteiger partial charge in [0.25, 0.3) is 0 Å². The number of amides is 1. The van der Waals surface area contributed by atoms with Gasteiger partial charge in [-0.3, -0.25) is 19.4 Å². The molecule has 146 valence electrons. The molecule has 1 amide bonds. The van der Waals surface area contributed by atoms with Crippen molar-refractivity contribution < 1.29 is 9.53 Å². The van der Waals surface area contributed by atoms with Gasteiger partial charge in [0.15, 0.2) is 10.6 Å². The third-order valence-electron chi connectivity index (χ3n) is 4.16. The Balaban J connectivity index is 1.62. The zero-order valence-corrected chi connectivity index (χ0v) is 16.8. The Morgan fingerprint density at radius 2 is 2.04 bits per heavy atom. The van der Waals surface area contributed by atoms with Crippen LogP contribution >= 0.6 is 12.2 Å². The molecule has 0 radical (unpaired) electrons. The van der Waals surface area contributed by atoms with Crippen LogP contribution < -0.4 is 10.1 Å². The summed E-state index contributed by atoms with van der Waals surface area (Å²) < 4.78 is 7.78. The number of pyridine rings is 1. The molecule has 0 aliphatic rings. The average Bonchev–Trinajstić information content (AvgIpc) is 3.06. The van der Waals surface area contributed by atoms with E-state index in [1.165, 1.54) is 0 Å². The molecule has 0 fully saturated rings. The first-order valence-electron chi connectivity index (χ1n) is 9.14.